The summed E-state index contributed by atoms with van der Waals surface area (Å²) in [4.78, 5) is 5.57. The van der Waals surface area contributed by atoms with Crippen molar-refractivity contribution in [2.75, 3.05) is 18.0 Å². The van der Waals surface area contributed by atoms with Crippen LogP contribution in [0, 0.1) is 11.6 Å². The fourth-order valence-corrected chi connectivity index (χ4v) is 6.52. The van der Waals surface area contributed by atoms with Crippen molar-refractivity contribution in [1.82, 2.24) is 4.98 Å². The van der Waals surface area contributed by atoms with Crippen molar-refractivity contribution in [1.29, 1.82) is 0 Å². The van der Waals surface area contributed by atoms with E-state index in [9.17, 15) is 30.4 Å². The van der Waals surface area contributed by atoms with Gasteiger partial charge in [-0.1, -0.05) is 12.1 Å². The first kappa shape index (κ1) is 22.7. The Labute approximate surface area is 185 Å². The minimum atomic E-state index is -4.76. The van der Waals surface area contributed by atoms with E-state index in [-0.39, 0.29) is 12.8 Å². The van der Waals surface area contributed by atoms with Gasteiger partial charge in [0.2, 0.25) is 0 Å². The Morgan fingerprint density at radius 2 is 1.69 bits per heavy atom. The average Bonchev–Trinajstić information content (AvgIpc) is 3.25. The highest BCUT2D eigenvalue weighted by Gasteiger charge is 2.40. The van der Waals surface area contributed by atoms with Gasteiger partial charge in [-0.15, -0.1) is 11.3 Å². The molecule has 11 heteroatoms. The number of benzene rings is 2. The number of rotatable bonds is 4. The highest BCUT2D eigenvalue weighted by atomic mass is 32.2. The number of piperidine rings is 1. The first-order valence-electron chi connectivity index (χ1n) is 9.63. The molecule has 1 saturated heterocycles. The topological polar surface area (TPSA) is 50.3 Å². The summed E-state index contributed by atoms with van der Waals surface area (Å²) < 4.78 is 92.4. The molecule has 0 unspecified atom stereocenters. The van der Waals surface area contributed by atoms with E-state index in [1.807, 2.05) is 4.90 Å². The Bertz CT molecular complexity index is 1230. The highest BCUT2D eigenvalue weighted by Crippen LogP contribution is 2.37. The lowest BCUT2D eigenvalue weighted by atomic mass is 10.1. The summed E-state index contributed by atoms with van der Waals surface area (Å²) in [5.41, 5.74) is -0.288. The summed E-state index contributed by atoms with van der Waals surface area (Å²) in [5.74, 6) is -1.94. The van der Waals surface area contributed by atoms with Gasteiger partial charge in [0.15, 0.2) is 26.6 Å². The van der Waals surface area contributed by atoms with Gasteiger partial charge in [0.1, 0.15) is 0 Å². The number of thiazole rings is 1. The first-order valence-corrected chi connectivity index (χ1v) is 12.1. The van der Waals surface area contributed by atoms with Gasteiger partial charge < -0.3 is 4.90 Å². The predicted octanol–water partition coefficient (Wildman–Crippen LogP) is 5.55. The zero-order chi connectivity index (χ0) is 23.1. The van der Waals surface area contributed by atoms with Crippen LogP contribution in [-0.4, -0.2) is 31.7 Å². The van der Waals surface area contributed by atoms with E-state index >= 15 is 0 Å². The molecular weight excluding hydrogens is 471 g/mol. The van der Waals surface area contributed by atoms with Crippen molar-refractivity contribution >= 4 is 26.3 Å². The zero-order valence-electron chi connectivity index (χ0n) is 16.4. The maximum Gasteiger partial charge on any atom is 0.417 e. The Morgan fingerprint density at radius 3 is 2.34 bits per heavy atom. The molecular formula is C21H17F5N2O2S2. The van der Waals surface area contributed by atoms with E-state index in [1.165, 1.54) is 23.5 Å². The number of anilines is 1. The summed E-state index contributed by atoms with van der Waals surface area (Å²) in [7, 11) is -4.17. The van der Waals surface area contributed by atoms with Gasteiger partial charge in [-0.05, 0) is 43.2 Å². The van der Waals surface area contributed by atoms with E-state index in [2.05, 4.69) is 4.98 Å². The van der Waals surface area contributed by atoms with Crippen LogP contribution < -0.4 is 4.90 Å². The molecule has 3 aromatic rings. The van der Waals surface area contributed by atoms with Gasteiger partial charge >= 0.3 is 6.18 Å². The molecule has 1 aliphatic rings. The van der Waals surface area contributed by atoms with Crippen LogP contribution in [0.25, 0.3) is 11.3 Å². The number of nitrogens with zero attached hydrogens (tertiary/aromatic N) is 2. The van der Waals surface area contributed by atoms with Crippen molar-refractivity contribution in [3.8, 4) is 11.3 Å². The number of aromatic nitrogens is 1. The van der Waals surface area contributed by atoms with E-state index in [4.69, 9.17) is 0 Å². The summed E-state index contributed by atoms with van der Waals surface area (Å²) in [6.45, 7) is 0.589. The molecule has 0 aliphatic carbocycles. The Morgan fingerprint density at radius 1 is 1.00 bits per heavy atom. The monoisotopic (exact) mass is 488 g/mol. The van der Waals surface area contributed by atoms with E-state index in [0.717, 1.165) is 30.3 Å². The molecule has 170 valence electrons. The fourth-order valence-electron chi connectivity index (χ4n) is 3.68. The van der Waals surface area contributed by atoms with E-state index in [1.54, 1.807) is 5.38 Å². The van der Waals surface area contributed by atoms with Gasteiger partial charge in [0.25, 0.3) is 0 Å². The van der Waals surface area contributed by atoms with Gasteiger partial charge in [-0.2, -0.15) is 13.2 Å². The summed E-state index contributed by atoms with van der Waals surface area (Å²) in [5, 5.41) is 1.33. The van der Waals surface area contributed by atoms with Gasteiger partial charge in [-0.25, -0.2) is 22.2 Å². The maximum absolute atomic E-state index is 13.5. The largest absolute Gasteiger partial charge is 0.417 e. The number of alkyl halides is 3. The fraction of sp³-hybridized carbons (Fsp3) is 0.286. The SMILES string of the molecule is O=S(=O)(c1ccccc1C(F)(F)F)C1CCN(c2nc(-c3ccc(F)c(F)c3)cs2)CC1. The molecule has 4 rings (SSSR count). The van der Waals surface area contributed by atoms with Crippen LogP contribution in [0.4, 0.5) is 27.1 Å². The van der Waals surface area contributed by atoms with Crippen molar-refractivity contribution in [3.05, 3.63) is 65.0 Å². The molecule has 0 bridgehead atoms. The lowest BCUT2D eigenvalue weighted by Crippen LogP contribution is -2.39. The minimum Gasteiger partial charge on any atom is -0.348 e. The molecule has 0 atom stereocenters. The van der Waals surface area contributed by atoms with Crippen LogP contribution >= 0.6 is 11.3 Å². The van der Waals surface area contributed by atoms with Crippen molar-refractivity contribution < 1.29 is 30.4 Å². The lowest BCUT2D eigenvalue weighted by molar-refractivity contribution is -0.139. The number of sulfone groups is 1. The first-order chi connectivity index (χ1) is 15.1. The normalized spacial score (nSPS) is 15.8. The number of halogens is 5. The quantitative estimate of drug-likeness (QED) is 0.452. The lowest BCUT2D eigenvalue weighted by Gasteiger charge is -2.31. The predicted molar refractivity (Wildman–Crippen MR) is 111 cm³/mol. The molecule has 0 spiro atoms. The summed E-state index contributed by atoms with van der Waals surface area (Å²) in [6.07, 6.45) is -4.47. The van der Waals surface area contributed by atoms with Crippen LogP contribution in [0.15, 0.2) is 52.7 Å². The van der Waals surface area contributed by atoms with Crippen LogP contribution in [-0.2, 0) is 16.0 Å². The van der Waals surface area contributed by atoms with Crippen molar-refractivity contribution in [2.24, 2.45) is 0 Å². The van der Waals surface area contributed by atoms with Gasteiger partial charge in [0.05, 0.1) is 21.4 Å². The molecule has 0 radical (unpaired) electrons. The number of hydrogen-bond donors (Lipinski definition) is 0. The standard InChI is InChI=1S/C21H17F5N2O2S2/c22-16-6-5-13(11-17(16)23)18-12-31-20(27-18)28-9-7-14(8-10-28)32(29,30)19-4-2-1-3-15(19)21(24,25)26/h1-6,11-12,14H,7-10H2. The molecule has 1 aliphatic heterocycles. The van der Waals surface area contributed by atoms with Crippen LogP contribution in [0.3, 0.4) is 0 Å². The Balaban J connectivity index is 1.49. The summed E-state index contributed by atoms with van der Waals surface area (Å²) in [6, 6.07) is 7.69. The molecule has 0 amide bonds. The van der Waals surface area contributed by atoms with Crippen molar-refractivity contribution in [3.63, 3.8) is 0 Å². The average molecular weight is 489 g/mol. The summed E-state index contributed by atoms with van der Waals surface area (Å²) >= 11 is 1.27. The van der Waals surface area contributed by atoms with Crippen LogP contribution in [0.5, 0.6) is 0 Å². The Hall–Kier alpha value is -2.53. The van der Waals surface area contributed by atoms with Gasteiger partial charge in [0, 0.05) is 24.0 Å². The third-order valence-electron chi connectivity index (χ3n) is 5.36. The molecule has 1 fully saturated rings. The molecule has 1 aromatic heterocycles. The van der Waals surface area contributed by atoms with E-state index < -0.39 is 43.4 Å². The second-order valence-electron chi connectivity index (χ2n) is 7.37. The molecule has 32 heavy (non-hydrogen) atoms. The van der Waals surface area contributed by atoms with Crippen LogP contribution in [0.2, 0.25) is 0 Å². The molecule has 0 saturated carbocycles. The number of hydrogen-bond acceptors (Lipinski definition) is 5. The van der Waals surface area contributed by atoms with Gasteiger partial charge in [-0.3, -0.25) is 0 Å². The molecule has 2 aromatic carbocycles. The van der Waals surface area contributed by atoms with E-state index in [0.29, 0.717) is 29.5 Å². The third kappa shape index (κ3) is 4.36. The minimum absolute atomic E-state index is 0.147. The smallest absolute Gasteiger partial charge is 0.348 e. The zero-order valence-corrected chi connectivity index (χ0v) is 18.1. The maximum atomic E-state index is 13.5. The molecule has 2 heterocycles. The second-order valence-corrected chi connectivity index (χ2v) is 10.4. The van der Waals surface area contributed by atoms with Crippen LogP contribution in [0.1, 0.15) is 18.4 Å². The molecule has 4 nitrogen and oxygen atoms in total. The highest BCUT2D eigenvalue weighted by molar-refractivity contribution is 7.92. The molecule has 0 N–H and O–H groups in total. The third-order valence-corrected chi connectivity index (χ3v) is 8.58. The Kier molecular flexibility index (Phi) is 5.97. The second kappa shape index (κ2) is 8.43. The van der Waals surface area contributed by atoms with Crippen molar-refractivity contribution in [2.45, 2.75) is 29.2 Å².